The minimum absolute atomic E-state index is 0.0276. The summed E-state index contributed by atoms with van der Waals surface area (Å²) in [5, 5.41) is 0. The van der Waals surface area contributed by atoms with Crippen LogP contribution in [0.1, 0.15) is 44.9 Å². The average molecular weight is 277 g/mol. The lowest BCUT2D eigenvalue weighted by molar-refractivity contribution is 0.353. The topological polar surface area (TPSA) is 44.5 Å². The Morgan fingerprint density at radius 1 is 1.00 bits per heavy atom. The third-order valence-corrected chi connectivity index (χ3v) is 5.62. The molecule has 0 saturated heterocycles. The number of aryl methyl sites for hydroxylation is 1. The number of hydrogen-bond donors (Lipinski definition) is 1. The van der Waals surface area contributed by atoms with Crippen LogP contribution in [-0.2, 0) is 0 Å². The second-order valence-electron chi connectivity index (χ2n) is 7.01. The maximum atomic E-state index is 6.57. The Morgan fingerprint density at radius 2 is 1.45 bits per heavy atom. The summed E-state index contributed by atoms with van der Waals surface area (Å²) in [7, 11) is 3.32. The van der Waals surface area contributed by atoms with Crippen LogP contribution < -0.4 is 15.2 Å². The molecule has 1 aliphatic carbocycles. The lowest BCUT2D eigenvalue weighted by Crippen LogP contribution is -2.18. The van der Waals surface area contributed by atoms with Gasteiger partial charge >= 0.3 is 0 Å². The highest BCUT2D eigenvalue weighted by Crippen LogP contribution is 2.72. The van der Waals surface area contributed by atoms with Crippen molar-refractivity contribution < 1.29 is 9.47 Å². The molecule has 112 valence electrons. The van der Waals surface area contributed by atoms with Crippen LogP contribution in [0.2, 0.25) is 0 Å². The first kappa shape index (κ1) is 15.2. The Morgan fingerprint density at radius 3 is 1.85 bits per heavy atom. The summed E-state index contributed by atoms with van der Waals surface area (Å²) in [6, 6.07) is 4.07. The van der Waals surface area contributed by atoms with Crippen molar-refractivity contribution in [1.82, 2.24) is 0 Å². The molecule has 20 heavy (non-hydrogen) atoms. The van der Waals surface area contributed by atoms with Crippen LogP contribution in [0.4, 0.5) is 0 Å². The molecular weight excluding hydrogens is 250 g/mol. The van der Waals surface area contributed by atoms with Gasteiger partial charge in [-0.2, -0.15) is 0 Å². The first-order chi connectivity index (χ1) is 9.18. The predicted octanol–water partition coefficient (Wildman–Crippen LogP) is 3.69. The highest BCUT2D eigenvalue weighted by molar-refractivity contribution is 5.48. The Balaban J connectivity index is 2.39. The summed E-state index contributed by atoms with van der Waals surface area (Å²) in [5.41, 5.74) is 9.43. The van der Waals surface area contributed by atoms with Crippen molar-refractivity contribution in [1.29, 1.82) is 0 Å². The Kier molecular flexibility index (Phi) is 3.53. The van der Waals surface area contributed by atoms with E-state index in [1.54, 1.807) is 14.2 Å². The minimum Gasteiger partial charge on any atom is -0.493 e. The van der Waals surface area contributed by atoms with Gasteiger partial charge in [-0.05, 0) is 46.9 Å². The smallest absolute Gasteiger partial charge is 0.161 e. The van der Waals surface area contributed by atoms with Crippen LogP contribution >= 0.6 is 0 Å². The molecule has 0 amide bonds. The fourth-order valence-corrected chi connectivity index (χ4v) is 3.68. The molecule has 1 aromatic carbocycles. The quantitative estimate of drug-likeness (QED) is 0.912. The van der Waals surface area contributed by atoms with E-state index in [1.807, 2.05) is 12.1 Å². The fraction of sp³-hybridized carbons (Fsp3) is 0.647. The maximum Gasteiger partial charge on any atom is 0.161 e. The third-order valence-electron chi connectivity index (χ3n) is 5.62. The Labute approximate surface area is 122 Å². The highest BCUT2D eigenvalue weighted by Gasteiger charge is 2.66. The molecule has 0 aromatic heterocycles. The second kappa shape index (κ2) is 4.66. The molecule has 0 radical (unpaired) electrons. The van der Waals surface area contributed by atoms with E-state index in [4.69, 9.17) is 15.2 Å². The van der Waals surface area contributed by atoms with Crippen LogP contribution in [0.5, 0.6) is 11.5 Å². The van der Waals surface area contributed by atoms with E-state index in [9.17, 15) is 0 Å². The molecule has 3 heteroatoms. The normalized spacial score (nSPS) is 21.4. The van der Waals surface area contributed by atoms with E-state index in [-0.39, 0.29) is 16.9 Å². The number of ether oxygens (including phenoxy) is 2. The largest absolute Gasteiger partial charge is 0.493 e. The molecule has 2 rings (SSSR count). The average Bonchev–Trinajstić information content (AvgIpc) is 2.78. The van der Waals surface area contributed by atoms with Crippen LogP contribution in [0.25, 0.3) is 0 Å². The summed E-state index contributed by atoms with van der Waals surface area (Å²) in [4.78, 5) is 0. The number of nitrogens with two attached hydrogens (primary N) is 1. The van der Waals surface area contributed by atoms with E-state index < -0.39 is 0 Å². The van der Waals surface area contributed by atoms with Crippen LogP contribution in [0.3, 0.4) is 0 Å². The van der Waals surface area contributed by atoms with Gasteiger partial charge in [0.15, 0.2) is 11.5 Å². The van der Waals surface area contributed by atoms with Gasteiger partial charge in [0, 0.05) is 6.04 Å². The third kappa shape index (κ3) is 1.99. The number of hydrogen-bond acceptors (Lipinski definition) is 3. The molecule has 1 saturated carbocycles. The van der Waals surface area contributed by atoms with Crippen LogP contribution in [-0.4, -0.2) is 14.2 Å². The summed E-state index contributed by atoms with van der Waals surface area (Å²) >= 11 is 0. The number of rotatable bonds is 4. The highest BCUT2D eigenvalue weighted by atomic mass is 16.5. The molecular formula is C17H27NO2. The first-order valence-corrected chi connectivity index (χ1v) is 7.16. The standard InChI is InChI=1S/C17H27NO2/c1-10-8-12(19-6)13(20-7)9-11(10)14(18)15-16(2,3)17(15,4)5/h8-9,14-15H,18H2,1-7H3. The van der Waals surface area contributed by atoms with Crippen molar-refractivity contribution in [2.24, 2.45) is 22.5 Å². The molecule has 1 unspecified atom stereocenters. The SMILES string of the molecule is COc1cc(C)c(C(N)C2C(C)(C)C2(C)C)cc1OC. The van der Waals surface area contributed by atoms with Crippen molar-refractivity contribution in [3.05, 3.63) is 23.3 Å². The number of methoxy groups -OCH3 is 2. The van der Waals surface area contributed by atoms with E-state index in [0.717, 1.165) is 22.6 Å². The second-order valence-corrected chi connectivity index (χ2v) is 7.01. The fourth-order valence-electron chi connectivity index (χ4n) is 3.68. The summed E-state index contributed by atoms with van der Waals surface area (Å²) < 4.78 is 10.7. The maximum absolute atomic E-state index is 6.57. The summed E-state index contributed by atoms with van der Waals surface area (Å²) in [5.74, 6) is 1.99. The van der Waals surface area contributed by atoms with Crippen molar-refractivity contribution in [3.8, 4) is 11.5 Å². The van der Waals surface area contributed by atoms with Crippen molar-refractivity contribution in [3.63, 3.8) is 0 Å². The van der Waals surface area contributed by atoms with Gasteiger partial charge in [-0.1, -0.05) is 27.7 Å². The van der Waals surface area contributed by atoms with E-state index in [2.05, 4.69) is 34.6 Å². The van der Waals surface area contributed by atoms with Gasteiger partial charge in [-0.25, -0.2) is 0 Å². The lowest BCUT2D eigenvalue weighted by atomic mass is 9.93. The zero-order valence-electron chi connectivity index (χ0n) is 13.7. The zero-order valence-corrected chi connectivity index (χ0v) is 13.7. The van der Waals surface area contributed by atoms with Crippen molar-refractivity contribution in [2.45, 2.75) is 40.7 Å². The molecule has 1 atom stereocenters. The number of benzene rings is 1. The monoisotopic (exact) mass is 277 g/mol. The molecule has 0 bridgehead atoms. The minimum atomic E-state index is 0.0276. The van der Waals surface area contributed by atoms with Gasteiger partial charge in [-0.15, -0.1) is 0 Å². The van der Waals surface area contributed by atoms with Gasteiger partial charge in [-0.3, -0.25) is 0 Å². The molecule has 1 aliphatic rings. The summed E-state index contributed by atoms with van der Waals surface area (Å²) in [6.45, 7) is 11.3. The summed E-state index contributed by atoms with van der Waals surface area (Å²) in [6.07, 6.45) is 0. The molecule has 1 fully saturated rings. The molecule has 0 aliphatic heterocycles. The van der Waals surface area contributed by atoms with Crippen molar-refractivity contribution in [2.75, 3.05) is 14.2 Å². The Hall–Kier alpha value is -1.22. The molecule has 2 N–H and O–H groups in total. The predicted molar refractivity (Wildman–Crippen MR) is 82.3 cm³/mol. The molecule has 3 nitrogen and oxygen atoms in total. The lowest BCUT2D eigenvalue weighted by Gasteiger charge is -2.19. The van der Waals surface area contributed by atoms with Crippen LogP contribution in [0.15, 0.2) is 12.1 Å². The molecule has 0 spiro atoms. The van der Waals surface area contributed by atoms with Gasteiger partial charge in [0.2, 0.25) is 0 Å². The van der Waals surface area contributed by atoms with Gasteiger partial charge < -0.3 is 15.2 Å². The van der Waals surface area contributed by atoms with Gasteiger partial charge in [0.1, 0.15) is 0 Å². The van der Waals surface area contributed by atoms with Crippen LogP contribution in [0, 0.1) is 23.7 Å². The van der Waals surface area contributed by atoms with Gasteiger partial charge in [0.05, 0.1) is 14.2 Å². The molecule has 0 heterocycles. The Bertz CT molecular complexity index is 506. The molecule has 1 aromatic rings. The van der Waals surface area contributed by atoms with E-state index in [0.29, 0.717) is 5.92 Å². The van der Waals surface area contributed by atoms with E-state index >= 15 is 0 Å². The van der Waals surface area contributed by atoms with E-state index in [1.165, 1.54) is 0 Å². The van der Waals surface area contributed by atoms with Crippen molar-refractivity contribution >= 4 is 0 Å². The zero-order chi connectivity index (χ0) is 15.3. The van der Waals surface area contributed by atoms with Gasteiger partial charge in [0.25, 0.3) is 0 Å². The first-order valence-electron chi connectivity index (χ1n) is 7.16.